The third-order valence-electron chi connectivity index (χ3n) is 3.53. The van der Waals surface area contributed by atoms with Gasteiger partial charge >= 0.3 is 0 Å². The van der Waals surface area contributed by atoms with E-state index in [0.29, 0.717) is 0 Å². The molecule has 2 aromatic rings. The van der Waals surface area contributed by atoms with Gasteiger partial charge in [0.05, 0.1) is 5.69 Å². The molecule has 1 saturated carbocycles. The summed E-state index contributed by atoms with van der Waals surface area (Å²) in [4.78, 5) is 4.50. The number of para-hydroxylation sites is 2. The van der Waals surface area contributed by atoms with Gasteiger partial charge in [-0.2, -0.15) is 0 Å². The van der Waals surface area contributed by atoms with Crippen molar-refractivity contribution in [2.75, 3.05) is 5.32 Å². The maximum Gasteiger partial charge on any atom is 0.126 e. The standard InChI is InChI=1S/C18H16Cl2N2/c19-18(20)11-17(18)14(12-21-15-7-3-1-4-8-15)13-22-16-9-5-2-6-10-16/h1-10,12-13,17,21H,11H2/b14-12-,22-13?. The van der Waals surface area contributed by atoms with Crippen molar-refractivity contribution in [1.29, 1.82) is 0 Å². The molecular formula is C18H16Cl2N2. The van der Waals surface area contributed by atoms with Crippen LogP contribution in [0.2, 0.25) is 0 Å². The van der Waals surface area contributed by atoms with Gasteiger partial charge in [0, 0.05) is 24.0 Å². The van der Waals surface area contributed by atoms with Gasteiger partial charge < -0.3 is 5.32 Å². The molecule has 22 heavy (non-hydrogen) atoms. The lowest BCUT2D eigenvalue weighted by Gasteiger charge is -2.05. The first-order valence-corrected chi connectivity index (χ1v) is 7.89. The van der Waals surface area contributed by atoms with E-state index in [9.17, 15) is 0 Å². The summed E-state index contributed by atoms with van der Waals surface area (Å²) >= 11 is 12.4. The van der Waals surface area contributed by atoms with E-state index in [-0.39, 0.29) is 5.92 Å². The Balaban J connectivity index is 1.77. The van der Waals surface area contributed by atoms with Gasteiger partial charge in [0.25, 0.3) is 0 Å². The molecule has 0 radical (unpaired) electrons. The highest BCUT2D eigenvalue weighted by molar-refractivity contribution is 6.51. The maximum atomic E-state index is 6.20. The van der Waals surface area contributed by atoms with E-state index in [2.05, 4.69) is 10.3 Å². The summed E-state index contributed by atoms with van der Waals surface area (Å²) in [5.74, 6) is 0.111. The number of rotatable bonds is 5. The average Bonchev–Trinajstić information content (AvgIpc) is 3.18. The Hall–Kier alpha value is -1.77. The van der Waals surface area contributed by atoms with Crippen molar-refractivity contribution in [2.24, 2.45) is 10.9 Å². The molecule has 0 aliphatic heterocycles. The van der Waals surface area contributed by atoms with Crippen LogP contribution in [-0.2, 0) is 0 Å². The maximum absolute atomic E-state index is 6.20. The SMILES string of the molecule is ClC1(Cl)CC1/C(C=Nc1ccccc1)=C\Nc1ccccc1. The van der Waals surface area contributed by atoms with Gasteiger partial charge in [-0.3, -0.25) is 4.99 Å². The molecule has 1 N–H and O–H groups in total. The zero-order chi connectivity index (χ0) is 15.4. The first-order chi connectivity index (χ1) is 10.6. The van der Waals surface area contributed by atoms with Crippen LogP contribution in [0.3, 0.4) is 0 Å². The van der Waals surface area contributed by atoms with Crippen LogP contribution in [0.1, 0.15) is 6.42 Å². The number of nitrogens with zero attached hydrogens (tertiary/aromatic N) is 1. The summed E-state index contributed by atoms with van der Waals surface area (Å²) in [6, 6.07) is 19.8. The van der Waals surface area contributed by atoms with Crippen LogP contribution in [0.15, 0.2) is 77.4 Å². The van der Waals surface area contributed by atoms with E-state index in [1.165, 1.54) is 0 Å². The highest BCUT2D eigenvalue weighted by Crippen LogP contribution is 2.56. The molecule has 2 aromatic carbocycles. The first kappa shape index (κ1) is 15.1. The van der Waals surface area contributed by atoms with Gasteiger partial charge in [-0.05, 0) is 36.3 Å². The molecule has 4 heteroatoms. The van der Waals surface area contributed by atoms with Crippen molar-refractivity contribution in [2.45, 2.75) is 10.8 Å². The second-order valence-corrected chi connectivity index (χ2v) is 6.81. The Morgan fingerprint density at radius 2 is 1.64 bits per heavy atom. The Labute approximate surface area is 140 Å². The number of nitrogens with one attached hydrogen (secondary N) is 1. The predicted molar refractivity (Wildman–Crippen MR) is 95.3 cm³/mol. The molecule has 112 valence electrons. The summed E-state index contributed by atoms with van der Waals surface area (Å²) in [6.07, 6.45) is 4.51. The molecule has 0 bridgehead atoms. The van der Waals surface area contributed by atoms with Gasteiger partial charge in [-0.1, -0.05) is 36.4 Å². The van der Waals surface area contributed by atoms with E-state index in [0.717, 1.165) is 23.4 Å². The van der Waals surface area contributed by atoms with E-state index in [4.69, 9.17) is 23.2 Å². The van der Waals surface area contributed by atoms with Gasteiger partial charge in [0.15, 0.2) is 0 Å². The molecule has 1 fully saturated rings. The summed E-state index contributed by atoms with van der Waals surface area (Å²) in [6.45, 7) is 0. The van der Waals surface area contributed by atoms with E-state index in [1.807, 2.05) is 73.1 Å². The summed E-state index contributed by atoms with van der Waals surface area (Å²) in [5.41, 5.74) is 2.92. The fraction of sp³-hybridized carbons (Fsp3) is 0.167. The third-order valence-corrected chi connectivity index (χ3v) is 4.36. The number of hydrogen-bond donors (Lipinski definition) is 1. The quantitative estimate of drug-likeness (QED) is 0.561. The Morgan fingerprint density at radius 3 is 2.23 bits per heavy atom. The minimum Gasteiger partial charge on any atom is -0.361 e. The third kappa shape index (κ3) is 3.90. The molecule has 1 unspecified atom stereocenters. The van der Waals surface area contributed by atoms with Crippen LogP contribution < -0.4 is 5.32 Å². The van der Waals surface area contributed by atoms with E-state index >= 15 is 0 Å². The summed E-state index contributed by atoms with van der Waals surface area (Å²) in [7, 11) is 0. The molecule has 0 heterocycles. The van der Waals surface area contributed by atoms with Crippen molar-refractivity contribution in [1.82, 2.24) is 0 Å². The number of anilines is 1. The fourth-order valence-corrected chi connectivity index (χ4v) is 2.73. The molecule has 1 atom stereocenters. The molecule has 2 nitrogen and oxygen atoms in total. The van der Waals surface area contributed by atoms with E-state index in [1.54, 1.807) is 0 Å². The van der Waals surface area contributed by atoms with Crippen molar-refractivity contribution >= 4 is 40.8 Å². The minimum absolute atomic E-state index is 0.111. The average molecular weight is 331 g/mol. The van der Waals surface area contributed by atoms with Crippen LogP contribution in [0.25, 0.3) is 0 Å². The lowest BCUT2D eigenvalue weighted by molar-refractivity contribution is 1.05. The zero-order valence-electron chi connectivity index (χ0n) is 11.9. The summed E-state index contributed by atoms with van der Waals surface area (Å²) < 4.78 is -0.674. The highest BCUT2D eigenvalue weighted by atomic mass is 35.5. The molecule has 0 spiro atoms. The van der Waals surface area contributed by atoms with Gasteiger partial charge in [-0.25, -0.2) is 0 Å². The van der Waals surface area contributed by atoms with Gasteiger partial charge in [0.2, 0.25) is 0 Å². The molecule has 0 amide bonds. The first-order valence-electron chi connectivity index (χ1n) is 7.14. The fourth-order valence-electron chi connectivity index (χ4n) is 2.17. The molecule has 3 rings (SSSR count). The van der Waals surface area contributed by atoms with Gasteiger partial charge in [-0.15, -0.1) is 23.2 Å². The minimum atomic E-state index is -0.674. The van der Waals surface area contributed by atoms with Crippen LogP contribution in [-0.4, -0.2) is 10.5 Å². The predicted octanol–water partition coefficient (Wildman–Crippen LogP) is 5.58. The number of halogens is 2. The van der Waals surface area contributed by atoms with Crippen LogP contribution in [0, 0.1) is 5.92 Å². The molecule has 1 aliphatic rings. The number of hydrogen-bond acceptors (Lipinski definition) is 2. The number of aliphatic imine (C=N–C) groups is 1. The lowest BCUT2D eigenvalue weighted by atomic mass is 10.2. The largest absolute Gasteiger partial charge is 0.361 e. The molecule has 1 aliphatic carbocycles. The number of allylic oxidation sites excluding steroid dienone is 1. The van der Waals surface area contributed by atoms with E-state index < -0.39 is 4.33 Å². The number of alkyl halides is 2. The van der Waals surface area contributed by atoms with Crippen molar-refractivity contribution in [3.63, 3.8) is 0 Å². The Kier molecular flexibility index (Phi) is 4.51. The number of benzene rings is 2. The Morgan fingerprint density at radius 1 is 1.05 bits per heavy atom. The zero-order valence-corrected chi connectivity index (χ0v) is 13.4. The van der Waals surface area contributed by atoms with Gasteiger partial charge in [0.1, 0.15) is 4.33 Å². The normalized spacial score (nSPS) is 20.1. The van der Waals surface area contributed by atoms with Crippen LogP contribution >= 0.6 is 23.2 Å². The second-order valence-electron chi connectivity index (χ2n) is 5.27. The highest BCUT2D eigenvalue weighted by Gasteiger charge is 2.53. The van der Waals surface area contributed by atoms with Crippen LogP contribution in [0.5, 0.6) is 0 Å². The summed E-state index contributed by atoms with van der Waals surface area (Å²) in [5, 5.41) is 3.27. The molecular weight excluding hydrogens is 315 g/mol. The van der Waals surface area contributed by atoms with Crippen molar-refractivity contribution in [3.05, 3.63) is 72.4 Å². The van der Waals surface area contributed by atoms with Crippen LogP contribution in [0.4, 0.5) is 11.4 Å². The second kappa shape index (κ2) is 6.55. The molecule has 0 aromatic heterocycles. The van der Waals surface area contributed by atoms with Crippen molar-refractivity contribution < 1.29 is 0 Å². The Bertz CT molecular complexity index is 679. The monoisotopic (exact) mass is 330 g/mol. The topological polar surface area (TPSA) is 24.4 Å². The molecule has 0 saturated heterocycles. The lowest BCUT2D eigenvalue weighted by Crippen LogP contribution is -2.00. The smallest absolute Gasteiger partial charge is 0.126 e. The van der Waals surface area contributed by atoms with Crippen molar-refractivity contribution in [3.8, 4) is 0 Å².